The van der Waals surface area contributed by atoms with Crippen molar-refractivity contribution in [2.24, 2.45) is 17.8 Å². The number of methoxy groups -OCH3 is 2. The number of sulfonamides is 1. The number of aromatic nitrogens is 1. The minimum atomic E-state index is -4.03. The number of benzene rings is 1. The van der Waals surface area contributed by atoms with Crippen LogP contribution in [0.15, 0.2) is 30.4 Å². The lowest BCUT2D eigenvalue weighted by molar-refractivity contribution is -0.157. The second-order valence-corrected chi connectivity index (χ2v) is 19.1. The number of nitrogens with one attached hydrogen (secondary N) is 2. The van der Waals surface area contributed by atoms with E-state index < -0.39 is 91.9 Å². The van der Waals surface area contributed by atoms with Crippen molar-refractivity contribution in [2.45, 2.75) is 126 Å². The van der Waals surface area contributed by atoms with Crippen LogP contribution >= 0.6 is 0 Å². The minimum absolute atomic E-state index is 0.0579. The van der Waals surface area contributed by atoms with Gasteiger partial charge in [0.05, 0.1) is 31.5 Å². The number of carbonyl (C=O) groups is 4. The van der Waals surface area contributed by atoms with E-state index in [-0.39, 0.29) is 66.4 Å². The number of carboxylic acid groups (broad SMARTS) is 1. The lowest BCUT2D eigenvalue weighted by atomic mass is 9.81. The second kappa shape index (κ2) is 16.6. The molecule has 2 aliphatic carbocycles. The van der Waals surface area contributed by atoms with E-state index in [1.165, 1.54) is 26.4 Å². The zero-order valence-electron chi connectivity index (χ0n) is 34.8. The molecule has 0 unspecified atom stereocenters. The number of amides is 4. The van der Waals surface area contributed by atoms with Crippen LogP contribution in [0.4, 0.5) is 18.0 Å². The van der Waals surface area contributed by atoms with Crippen LogP contribution in [0.5, 0.6) is 17.4 Å². The van der Waals surface area contributed by atoms with Crippen LogP contribution in [0.25, 0.3) is 10.9 Å². The van der Waals surface area contributed by atoms with Gasteiger partial charge in [-0.3, -0.25) is 24.0 Å². The fourth-order valence-electron chi connectivity index (χ4n) is 8.46. The van der Waals surface area contributed by atoms with Crippen molar-refractivity contribution in [3.05, 3.63) is 36.2 Å². The average molecular weight is 866 g/mol. The Morgan fingerprint density at radius 2 is 1.78 bits per heavy atom. The van der Waals surface area contributed by atoms with Gasteiger partial charge in [-0.15, -0.1) is 0 Å². The summed E-state index contributed by atoms with van der Waals surface area (Å²) in [5.74, 6) is -8.57. The summed E-state index contributed by atoms with van der Waals surface area (Å²) in [6.45, 7) is 5.97. The largest absolute Gasteiger partial charge is 0.494 e. The van der Waals surface area contributed by atoms with Crippen molar-refractivity contribution in [1.82, 2.24) is 24.8 Å². The van der Waals surface area contributed by atoms with Gasteiger partial charge in [-0.1, -0.05) is 32.4 Å². The highest BCUT2D eigenvalue weighted by Crippen LogP contribution is 2.47. The first-order valence-corrected chi connectivity index (χ1v) is 21.8. The number of hydrogen-bond donors (Lipinski definition) is 3. The van der Waals surface area contributed by atoms with Gasteiger partial charge in [0.25, 0.3) is 11.8 Å². The molecule has 3 fully saturated rings. The Kier molecular flexibility index (Phi) is 12.4. The van der Waals surface area contributed by atoms with Crippen molar-refractivity contribution in [2.75, 3.05) is 20.8 Å². The van der Waals surface area contributed by atoms with Crippen LogP contribution in [0, 0.1) is 23.6 Å². The topological polar surface area (TPSA) is 194 Å². The van der Waals surface area contributed by atoms with Crippen molar-refractivity contribution in [1.29, 1.82) is 0 Å². The Balaban J connectivity index is 1.46. The first-order valence-electron chi connectivity index (χ1n) is 20.2. The van der Waals surface area contributed by atoms with E-state index in [0.717, 1.165) is 24.8 Å². The van der Waals surface area contributed by atoms with Crippen molar-refractivity contribution >= 4 is 44.7 Å². The highest BCUT2D eigenvalue weighted by molar-refractivity contribution is 7.91. The number of alkyl halides is 2. The number of halogens is 3. The lowest BCUT2D eigenvalue weighted by Crippen LogP contribution is -2.67. The molecule has 1 saturated heterocycles. The van der Waals surface area contributed by atoms with Gasteiger partial charge >= 0.3 is 6.09 Å². The fraction of sp³-hybridized carbons (Fsp3) is 0.634. The Bertz CT molecular complexity index is 2160. The number of carbonyl (C=O) groups excluding carboxylic acids is 3. The summed E-state index contributed by atoms with van der Waals surface area (Å²) in [5, 5.41) is 12.9. The second-order valence-electron chi connectivity index (χ2n) is 17.2. The summed E-state index contributed by atoms with van der Waals surface area (Å²) < 4.78 is 91.0. The van der Waals surface area contributed by atoms with E-state index in [0.29, 0.717) is 37.5 Å². The van der Waals surface area contributed by atoms with Gasteiger partial charge < -0.3 is 29.5 Å². The van der Waals surface area contributed by atoms with E-state index in [1.54, 1.807) is 13.0 Å². The van der Waals surface area contributed by atoms with Crippen LogP contribution in [-0.2, 0) is 24.4 Å². The van der Waals surface area contributed by atoms with E-state index in [1.807, 2.05) is 13.0 Å². The van der Waals surface area contributed by atoms with Crippen LogP contribution in [-0.4, -0.2) is 113 Å². The van der Waals surface area contributed by atoms with Gasteiger partial charge in [-0.25, -0.2) is 31.4 Å². The molecule has 3 N–H and O–H groups in total. The van der Waals surface area contributed by atoms with E-state index in [2.05, 4.69) is 15.0 Å². The maximum absolute atomic E-state index is 15.5. The molecule has 0 radical (unpaired) electrons. The molecular weight excluding hydrogens is 812 g/mol. The molecule has 0 bridgehead atoms. The number of nitrogens with zero attached hydrogens (tertiary/aromatic N) is 3. The summed E-state index contributed by atoms with van der Waals surface area (Å²) in [5.41, 5.74) is -3.89. The minimum Gasteiger partial charge on any atom is -0.494 e. The van der Waals surface area contributed by atoms with Gasteiger partial charge in [-0.05, 0) is 70.3 Å². The smallest absolute Gasteiger partial charge is 0.408 e. The van der Waals surface area contributed by atoms with Crippen molar-refractivity contribution < 1.29 is 60.1 Å². The molecular formula is C41H54F3N5O10S. The Labute approximate surface area is 347 Å². The zero-order valence-corrected chi connectivity index (χ0v) is 35.6. The van der Waals surface area contributed by atoms with Crippen molar-refractivity contribution in [3.8, 4) is 17.4 Å². The van der Waals surface area contributed by atoms with Gasteiger partial charge in [-0.2, -0.15) is 0 Å². The van der Waals surface area contributed by atoms with Crippen LogP contribution in [0.1, 0.15) is 86.0 Å². The first-order chi connectivity index (χ1) is 28.1. The van der Waals surface area contributed by atoms with Crippen LogP contribution < -0.4 is 24.2 Å². The summed E-state index contributed by atoms with van der Waals surface area (Å²) in [6, 6.07) is 0.701. The third-order valence-electron chi connectivity index (χ3n) is 12.6. The number of allylic oxidation sites excluding steroid dienone is 1. The maximum atomic E-state index is 15.5. The van der Waals surface area contributed by atoms with Crippen molar-refractivity contribution in [3.63, 3.8) is 0 Å². The third kappa shape index (κ3) is 8.68. The SMILES string of the molecule is CC[C@@H]1C[C@H](C)CC/C=C\[C@@H]2C[C@@]2(C(=O)NS(=O)(=O)C2CC2)NC(=O)[C@@H]2C[C@@H](Oc3cc(OC)nc4cc(OC)c(F)cc34)CN2C(=O)[C@H]1N(C(=O)O)C(C)(C)C(C)(F)F. The van der Waals surface area contributed by atoms with Gasteiger partial charge in [0, 0.05) is 36.8 Å². The van der Waals surface area contributed by atoms with E-state index >= 15 is 18.0 Å². The molecule has 3 heterocycles. The predicted molar refractivity (Wildman–Crippen MR) is 213 cm³/mol. The number of fused-ring (bicyclic) bond motifs is 3. The summed E-state index contributed by atoms with van der Waals surface area (Å²) in [7, 11) is -1.39. The lowest BCUT2D eigenvalue weighted by Gasteiger charge is -2.47. The van der Waals surface area contributed by atoms with Gasteiger partial charge in [0.2, 0.25) is 27.7 Å². The average Bonchev–Trinajstić information content (AvgIpc) is 4.10. The molecule has 60 heavy (non-hydrogen) atoms. The molecule has 2 aliphatic heterocycles. The van der Waals surface area contributed by atoms with Crippen LogP contribution in [0.3, 0.4) is 0 Å². The maximum Gasteiger partial charge on any atom is 0.408 e. The molecule has 2 saturated carbocycles. The standard InChI is InChI=1S/C41H54F3N5O10S/c1-8-23-15-22(2)11-9-10-12-24-20-41(24,37(52)47-60(55,56)26-13-14-26)46-35(50)30-16-25(21-48(30)36(51)34(23)49(38(53)54)39(3,4)40(5,43)44)59-31-19-33(58-7)45-29-18-32(57-6)28(42)17-27(29)31/h10,12,17-19,22-26,30,34H,8-9,11,13-16,20-21H2,1-7H3,(H,46,50)(H,47,52)(H,53,54)/b12-10-/t22-,23-,24-,25-,30+,34+,41-/m1/s1. The van der Waals surface area contributed by atoms with E-state index in [9.17, 15) is 27.9 Å². The zero-order chi connectivity index (χ0) is 44.1. The molecule has 2 aromatic rings. The molecule has 1 aromatic carbocycles. The number of hydrogen-bond acceptors (Lipinski definition) is 10. The molecule has 6 rings (SSSR count). The number of rotatable bonds is 11. The monoisotopic (exact) mass is 865 g/mol. The fourth-order valence-corrected chi connectivity index (χ4v) is 9.82. The normalized spacial score (nSPS) is 28.3. The molecule has 4 amide bonds. The number of ether oxygens (including phenoxy) is 3. The quantitative estimate of drug-likeness (QED) is 0.245. The third-order valence-corrected chi connectivity index (χ3v) is 14.4. The highest BCUT2D eigenvalue weighted by atomic mass is 32.2. The summed E-state index contributed by atoms with van der Waals surface area (Å²) in [6.07, 6.45) is 2.91. The molecule has 0 spiro atoms. The highest BCUT2D eigenvalue weighted by Gasteiger charge is 2.63. The Hall–Kier alpha value is -4.81. The molecule has 330 valence electrons. The molecule has 19 heteroatoms. The molecule has 4 aliphatic rings. The van der Waals surface area contributed by atoms with E-state index in [4.69, 9.17) is 14.2 Å². The predicted octanol–water partition coefficient (Wildman–Crippen LogP) is 5.41. The summed E-state index contributed by atoms with van der Waals surface area (Å²) in [4.78, 5) is 63.0. The number of pyridine rings is 1. The van der Waals surface area contributed by atoms with Crippen LogP contribution in [0.2, 0.25) is 0 Å². The molecule has 7 atom stereocenters. The first kappa shape index (κ1) is 44.7. The summed E-state index contributed by atoms with van der Waals surface area (Å²) >= 11 is 0. The molecule has 15 nitrogen and oxygen atoms in total. The Morgan fingerprint density at radius 3 is 2.38 bits per heavy atom. The van der Waals surface area contributed by atoms with Gasteiger partial charge in [0.1, 0.15) is 35.0 Å². The van der Waals surface area contributed by atoms with Gasteiger partial charge in [0.15, 0.2) is 11.6 Å². The molecule has 1 aromatic heterocycles. The Morgan fingerprint density at radius 1 is 1.08 bits per heavy atom.